The minimum atomic E-state index is -0.156. The summed E-state index contributed by atoms with van der Waals surface area (Å²) in [5.74, 6) is 0.963. The standard InChI is InChI=1S/C29H39NO4/c1-20-26-19-24(31)11-12-25(26)27(29(34-20)15-5-4-6-16-29)21-7-9-23(10-8-21)30-17-13-22(14-18-30)28(32-2)33-3/h7-12,19-20,22,27-28,31H,4-6,13-18H2,1-3H3/t20-,27+/m1/s1. The molecule has 0 radical (unpaired) electrons. The second kappa shape index (κ2) is 9.88. The minimum absolute atomic E-state index is 0.0000422. The molecule has 5 rings (SSSR count). The molecular weight excluding hydrogens is 426 g/mol. The summed E-state index contributed by atoms with van der Waals surface area (Å²) in [7, 11) is 3.46. The molecule has 2 heterocycles. The number of phenols is 1. The fourth-order valence-electron chi connectivity index (χ4n) is 6.77. The molecule has 34 heavy (non-hydrogen) atoms. The van der Waals surface area contributed by atoms with Crippen LogP contribution in [0.3, 0.4) is 0 Å². The number of piperidine rings is 1. The number of hydrogen-bond donors (Lipinski definition) is 1. The van der Waals surface area contributed by atoms with Crippen molar-refractivity contribution < 1.29 is 19.3 Å². The van der Waals surface area contributed by atoms with Crippen LogP contribution in [0.1, 0.15) is 80.6 Å². The molecule has 1 spiro atoms. The molecule has 2 fully saturated rings. The lowest BCUT2D eigenvalue weighted by Gasteiger charge is -2.50. The molecule has 2 atom stereocenters. The number of phenolic OH excluding ortho intramolecular Hbond substituents is 1. The third-order valence-corrected chi connectivity index (χ3v) is 8.44. The number of nitrogens with zero attached hydrogens (tertiary/aromatic N) is 1. The van der Waals surface area contributed by atoms with Crippen LogP contribution < -0.4 is 4.90 Å². The maximum Gasteiger partial charge on any atom is 0.159 e. The molecule has 2 aromatic carbocycles. The average Bonchev–Trinajstić information content (AvgIpc) is 2.87. The highest BCUT2D eigenvalue weighted by Crippen LogP contribution is 2.54. The molecular formula is C29H39NO4. The monoisotopic (exact) mass is 465 g/mol. The molecule has 1 aliphatic carbocycles. The van der Waals surface area contributed by atoms with Crippen LogP contribution in [0.2, 0.25) is 0 Å². The molecule has 1 saturated carbocycles. The van der Waals surface area contributed by atoms with E-state index in [0.29, 0.717) is 11.7 Å². The van der Waals surface area contributed by atoms with Gasteiger partial charge in [0.25, 0.3) is 0 Å². The van der Waals surface area contributed by atoms with Gasteiger partial charge >= 0.3 is 0 Å². The zero-order chi connectivity index (χ0) is 23.7. The van der Waals surface area contributed by atoms with Crippen LogP contribution in [-0.4, -0.2) is 44.3 Å². The number of methoxy groups -OCH3 is 2. The van der Waals surface area contributed by atoms with Gasteiger partial charge in [-0.1, -0.05) is 37.5 Å². The first-order valence-corrected chi connectivity index (χ1v) is 13.0. The van der Waals surface area contributed by atoms with Gasteiger partial charge in [0.1, 0.15) is 5.75 Å². The summed E-state index contributed by atoms with van der Waals surface area (Å²) < 4.78 is 17.8. The van der Waals surface area contributed by atoms with Crippen molar-refractivity contribution in [2.45, 2.75) is 75.8 Å². The number of benzene rings is 2. The minimum Gasteiger partial charge on any atom is -0.508 e. The normalized spacial score (nSPS) is 25.0. The van der Waals surface area contributed by atoms with Gasteiger partial charge < -0.3 is 24.2 Å². The van der Waals surface area contributed by atoms with E-state index in [9.17, 15) is 5.11 Å². The van der Waals surface area contributed by atoms with Crippen molar-refractivity contribution >= 4 is 5.69 Å². The summed E-state index contributed by atoms with van der Waals surface area (Å²) in [6.07, 6.45) is 7.95. The number of anilines is 1. The number of ether oxygens (including phenoxy) is 3. The fourth-order valence-corrected chi connectivity index (χ4v) is 6.77. The first kappa shape index (κ1) is 23.7. The molecule has 5 nitrogen and oxygen atoms in total. The average molecular weight is 466 g/mol. The van der Waals surface area contributed by atoms with E-state index < -0.39 is 0 Å². The van der Waals surface area contributed by atoms with E-state index in [1.165, 1.54) is 36.1 Å². The van der Waals surface area contributed by atoms with Crippen LogP contribution in [-0.2, 0) is 14.2 Å². The summed E-state index contributed by atoms with van der Waals surface area (Å²) in [6, 6.07) is 15.1. The van der Waals surface area contributed by atoms with Gasteiger partial charge in [-0.15, -0.1) is 0 Å². The maximum atomic E-state index is 10.2. The van der Waals surface area contributed by atoms with Crippen molar-refractivity contribution in [3.8, 4) is 5.75 Å². The van der Waals surface area contributed by atoms with Crippen molar-refractivity contribution in [2.24, 2.45) is 5.92 Å². The Morgan fingerprint density at radius 2 is 1.62 bits per heavy atom. The summed E-state index contributed by atoms with van der Waals surface area (Å²) in [4.78, 5) is 2.48. The molecule has 0 bridgehead atoms. The second-order valence-electron chi connectivity index (χ2n) is 10.4. The van der Waals surface area contributed by atoms with E-state index in [0.717, 1.165) is 44.3 Å². The van der Waals surface area contributed by atoms with Crippen LogP contribution >= 0.6 is 0 Å². The number of aromatic hydroxyl groups is 1. The lowest BCUT2D eigenvalue weighted by Crippen LogP contribution is -2.46. The first-order chi connectivity index (χ1) is 16.5. The van der Waals surface area contributed by atoms with Crippen molar-refractivity contribution in [1.29, 1.82) is 0 Å². The number of rotatable bonds is 5. The maximum absolute atomic E-state index is 10.2. The van der Waals surface area contributed by atoms with Crippen LogP contribution in [0.15, 0.2) is 42.5 Å². The third-order valence-electron chi connectivity index (χ3n) is 8.44. The lowest BCUT2D eigenvalue weighted by molar-refractivity contribution is -0.141. The topological polar surface area (TPSA) is 51.2 Å². The summed E-state index contributed by atoms with van der Waals surface area (Å²) in [5, 5.41) is 10.2. The SMILES string of the molecule is COC(OC)C1CCN(c2ccc([C@H]3c4ccc(O)cc4[C@@H](C)OC34CCCCC4)cc2)CC1. The Balaban J connectivity index is 1.41. The summed E-state index contributed by atoms with van der Waals surface area (Å²) >= 11 is 0. The highest BCUT2D eigenvalue weighted by Gasteiger charge is 2.48. The first-order valence-electron chi connectivity index (χ1n) is 13.0. The van der Waals surface area contributed by atoms with E-state index >= 15 is 0 Å². The molecule has 2 aliphatic heterocycles. The fraction of sp³-hybridized carbons (Fsp3) is 0.586. The number of hydrogen-bond acceptors (Lipinski definition) is 5. The van der Waals surface area contributed by atoms with Crippen LogP contribution in [0, 0.1) is 5.92 Å². The predicted octanol–water partition coefficient (Wildman–Crippen LogP) is 6.15. The van der Waals surface area contributed by atoms with Gasteiger partial charge in [-0.2, -0.15) is 0 Å². The van der Waals surface area contributed by atoms with E-state index in [1.54, 1.807) is 14.2 Å². The lowest BCUT2D eigenvalue weighted by atomic mass is 9.67. The van der Waals surface area contributed by atoms with Gasteiger partial charge in [0.15, 0.2) is 6.29 Å². The van der Waals surface area contributed by atoms with Gasteiger partial charge in [0.05, 0.1) is 11.7 Å². The zero-order valence-corrected chi connectivity index (χ0v) is 20.8. The van der Waals surface area contributed by atoms with Gasteiger partial charge in [-0.3, -0.25) is 0 Å². The zero-order valence-electron chi connectivity index (χ0n) is 20.8. The Kier molecular flexibility index (Phi) is 6.88. The van der Waals surface area contributed by atoms with E-state index in [1.807, 2.05) is 12.1 Å². The second-order valence-corrected chi connectivity index (χ2v) is 10.4. The predicted molar refractivity (Wildman–Crippen MR) is 134 cm³/mol. The Hall–Kier alpha value is -2.08. The Morgan fingerprint density at radius 1 is 0.941 bits per heavy atom. The van der Waals surface area contributed by atoms with Crippen molar-refractivity contribution in [3.05, 3.63) is 59.2 Å². The summed E-state index contributed by atoms with van der Waals surface area (Å²) in [6.45, 7) is 4.17. The van der Waals surface area contributed by atoms with Gasteiger partial charge in [0, 0.05) is 44.8 Å². The van der Waals surface area contributed by atoms with Gasteiger partial charge in [-0.05, 0) is 73.6 Å². The molecule has 0 unspecified atom stereocenters. The van der Waals surface area contributed by atoms with E-state index in [4.69, 9.17) is 14.2 Å². The van der Waals surface area contributed by atoms with Crippen molar-refractivity contribution in [1.82, 2.24) is 0 Å². The van der Waals surface area contributed by atoms with Gasteiger partial charge in [0.2, 0.25) is 0 Å². The molecule has 0 aromatic heterocycles. The molecule has 5 heteroatoms. The van der Waals surface area contributed by atoms with Crippen LogP contribution in [0.25, 0.3) is 0 Å². The molecule has 1 N–H and O–H groups in total. The molecule has 3 aliphatic rings. The Bertz CT molecular complexity index is 957. The third kappa shape index (κ3) is 4.34. The quantitative estimate of drug-likeness (QED) is 0.537. The Labute approximate surface area is 204 Å². The summed E-state index contributed by atoms with van der Waals surface area (Å²) in [5.41, 5.74) is 4.88. The highest BCUT2D eigenvalue weighted by molar-refractivity contribution is 5.52. The highest BCUT2D eigenvalue weighted by atomic mass is 16.7. The van der Waals surface area contributed by atoms with Crippen LogP contribution in [0.4, 0.5) is 5.69 Å². The largest absolute Gasteiger partial charge is 0.508 e. The van der Waals surface area contributed by atoms with Crippen LogP contribution in [0.5, 0.6) is 5.75 Å². The van der Waals surface area contributed by atoms with E-state index in [2.05, 4.69) is 42.2 Å². The smallest absolute Gasteiger partial charge is 0.159 e. The van der Waals surface area contributed by atoms with Gasteiger partial charge in [-0.25, -0.2) is 0 Å². The molecule has 184 valence electrons. The molecule has 2 aromatic rings. The molecule has 0 amide bonds. The Morgan fingerprint density at radius 3 is 2.26 bits per heavy atom. The molecule has 1 saturated heterocycles. The van der Waals surface area contributed by atoms with E-state index in [-0.39, 0.29) is 23.9 Å². The van der Waals surface area contributed by atoms with Crippen molar-refractivity contribution in [2.75, 3.05) is 32.2 Å². The van der Waals surface area contributed by atoms with Crippen molar-refractivity contribution in [3.63, 3.8) is 0 Å². The number of fused-ring (bicyclic) bond motifs is 1.